The Morgan fingerprint density at radius 3 is 2.50 bits per heavy atom. The molecule has 0 aliphatic heterocycles. The van der Waals surface area contributed by atoms with Gasteiger partial charge < -0.3 is 10.0 Å². The second kappa shape index (κ2) is 6.41. The molecule has 1 unspecified atom stereocenters. The van der Waals surface area contributed by atoms with E-state index in [1.165, 1.54) is 38.6 Å². The van der Waals surface area contributed by atoms with Crippen LogP contribution in [0.5, 0.6) is 0 Å². The summed E-state index contributed by atoms with van der Waals surface area (Å²) in [6, 6.07) is 0.849. The average molecular weight is 199 g/mol. The first-order chi connectivity index (χ1) is 6.70. The van der Waals surface area contributed by atoms with Crippen LogP contribution in [0.1, 0.15) is 51.9 Å². The fraction of sp³-hybridized carbons (Fsp3) is 1.00. The van der Waals surface area contributed by atoms with Crippen LogP contribution in [-0.2, 0) is 0 Å². The molecule has 1 atom stereocenters. The fourth-order valence-corrected chi connectivity index (χ4v) is 2.33. The van der Waals surface area contributed by atoms with Crippen LogP contribution in [0.15, 0.2) is 0 Å². The van der Waals surface area contributed by atoms with Crippen LogP contribution >= 0.6 is 0 Å². The van der Waals surface area contributed by atoms with Crippen molar-refractivity contribution in [3.63, 3.8) is 0 Å². The lowest BCUT2D eigenvalue weighted by Gasteiger charge is -2.23. The lowest BCUT2D eigenvalue weighted by molar-refractivity contribution is 0.175. The largest absolute Gasteiger partial charge is 0.393 e. The van der Waals surface area contributed by atoms with Gasteiger partial charge in [-0.15, -0.1) is 0 Å². The van der Waals surface area contributed by atoms with Gasteiger partial charge in [0.2, 0.25) is 0 Å². The minimum Gasteiger partial charge on any atom is -0.393 e. The standard InChI is InChI=1S/C12H25NO/c1-11(14)7-5-6-10-13(2)12-8-3-4-9-12/h11-12,14H,3-10H2,1-2H3. The highest BCUT2D eigenvalue weighted by Gasteiger charge is 2.18. The molecule has 0 saturated heterocycles. The van der Waals surface area contributed by atoms with E-state index in [4.69, 9.17) is 5.11 Å². The van der Waals surface area contributed by atoms with Crippen LogP contribution in [0.2, 0.25) is 0 Å². The fourth-order valence-electron chi connectivity index (χ4n) is 2.33. The molecule has 0 heterocycles. The number of unbranched alkanes of at least 4 members (excludes halogenated alkanes) is 1. The summed E-state index contributed by atoms with van der Waals surface area (Å²) in [6.07, 6.45) is 8.86. The third kappa shape index (κ3) is 4.43. The number of rotatable bonds is 6. The summed E-state index contributed by atoms with van der Waals surface area (Å²) in [5.41, 5.74) is 0. The zero-order valence-corrected chi connectivity index (χ0v) is 9.71. The van der Waals surface area contributed by atoms with Gasteiger partial charge in [-0.1, -0.05) is 12.8 Å². The SMILES string of the molecule is CC(O)CCCCN(C)C1CCCC1. The molecular formula is C12H25NO. The molecule has 2 nitrogen and oxygen atoms in total. The van der Waals surface area contributed by atoms with Crippen molar-refractivity contribution in [1.82, 2.24) is 4.90 Å². The van der Waals surface area contributed by atoms with Gasteiger partial charge >= 0.3 is 0 Å². The Bertz CT molecular complexity index is 141. The number of hydrogen-bond acceptors (Lipinski definition) is 2. The Morgan fingerprint density at radius 1 is 1.29 bits per heavy atom. The van der Waals surface area contributed by atoms with E-state index in [1.54, 1.807) is 0 Å². The summed E-state index contributed by atoms with van der Waals surface area (Å²) < 4.78 is 0. The highest BCUT2D eigenvalue weighted by atomic mass is 16.3. The number of aliphatic hydroxyl groups excluding tert-OH is 1. The average Bonchev–Trinajstić information content (AvgIpc) is 2.64. The van der Waals surface area contributed by atoms with E-state index in [0.717, 1.165) is 18.9 Å². The van der Waals surface area contributed by atoms with Crippen LogP contribution < -0.4 is 0 Å². The van der Waals surface area contributed by atoms with Crippen molar-refractivity contribution < 1.29 is 5.11 Å². The molecule has 14 heavy (non-hydrogen) atoms. The molecule has 2 heteroatoms. The second-order valence-corrected chi connectivity index (χ2v) is 4.76. The van der Waals surface area contributed by atoms with E-state index in [2.05, 4.69) is 11.9 Å². The Hall–Kier alpha value is -0.0800. The Labute approximate surface area is 88.3 Å². The van der Waals surface area contributed by atoms with Gasteiger partial charge in [0, 0.05) is 6.04 Å². The van der Waals surface area contributed by atoms with Crippen molar-refractivity contribution in [2.45, 2.75) is 64.0 Å². The van der Waals surface area contributed by atoms with E-state index in [0.29, 0.717) is 0 Å². The van der Waals surface area contributed by atoms with Crippen LogP contribution in [0.25, 0.3) is 0 Å². The molecule has 1 saturated carbocycles. The van der Waals surface area contributed by atoms with Gasteiger partial charge in [-0.3, -0.25) is 0 Å². The van der Waals surface area contributed by atoms with Crippen molar-refractivity contribution in [3.8, 4) is 0 Å². The highest BCUT2D eigenvalue weighted by molar-refractivity contribution is 4.74. The molecule has 0 aromatic heterocycles. The molecule has 0 amide bonds. The molecule has 0 aromatic rings. The van der Waals surface area contributed by atoms with Gasteiger partial charge in [-0.2, -0.15) is 0 Å². The Kier molecular flexibility index (Phi) is 5.49. The summed E-state index contributed by atoms with van der Waals surface area (Å²) >= 11 is 0. The molecule has 0 aromatic carbocycles. The minimum absolute atomic E-state index is 0.119. The van der Waals surface area contributed by atoms with Gasteiger partial charge in [-0.05, 0) is 52.6 Å². The zero-order chi connectivity index (χ0) is 10.4. The van der Waals surface area contributed by atoms with Crippen molar-refractivity contribution in [2.75, 3.05) is 13.6 Å². The van der Waals surface area contributed by atoms with Crippen LogP contribution in [0.3, 0.4) is 0 Å². The summed E-state index contributed by atoms with van der Waals surface area (Å²) in [6.45, 7) is 3.08. The van der Waals surface area contributed by atoms with E-state index in [9.17, 15) is 0 Å². The quantitative estimate of drug-likeness (QED) is 0.664. The summed E-state index contributed by atoms with van der Waals surface area (Å²) in [7, 11) is 2.25. The van der Waals surface area contributed by atoms with Crippen LogP contribution in [-0.4, -0.2) is 35.7 Å². The molecule has 1 N–H and O–H groups in total. The van der Waals surface area contributed by atoms with Crippen LogP contribution in [0, 0.1) is 0 Å². The summed E-state index contributed by atoms with van der Waals surface area (Å²) in [5, 5.41) is 9.12. The molecule has 0 radical (unpaired) electrons. The number of hydrogen-bond donors (Lipinski definition) is 1. The molecular weight excluding hydrogens is 174 g/mol. The predicted octanol–water partition coefficient (Wildman–Crippen LogP) is 2.41. The molecule has 1 rings (SSSR count). The molecule has 1 fully saturated rings. The first kappa shape index (κ1) is 12.0. The van der Waals surface area contributed by atoms with Crippen LogP contribution in [0.4, 0.5) is 0 Å². The summed E-state index contributed by atoms with van der Waals surface area (Å²) in [5.74, 6) is 0. The number of nitrogens with zero attached hydrogens (tertiary/aromatic N) is 1. The predicted molar refractivity (Wildman–Crippen MR) is 60.4 cm³/mol. The van der Waals surface area contributed by atoms with Crippen molar-refractivity contribution >= 4 is 0 Å². The zero-order valence-electron chi connectivity index (χ0n) is 9.71. The third-order valence-electron chi connectivity index (χ3n) is 3.33. The van der Waals surface area contributed by atoms with E-state index in [1.807, 2.05) is 6.92 Å². The molecule has 0 spiro atoms. The lowest BCUT2D eigenvalue weighted by Crippen LogP contribution is -2.30. The van der Waals surface area contributed by atoms with Gasteiger partial charge in [-0.25, -0.2) is 0 Å². The topological polar surface area (TPSA) is 23.5 Å². The van der Waals surface area contributed by atoms with Gasteiger partial charge in [0.1, 0.15) is 0 Å². The number of aliphatic hydroxyl groups is 1. The van der Waals surface area contributed by atoms with E-state index < -0.39 is 0 Å². The maximum absolute atomic E-state index is 9.12. The maximum atomic E-state index is 9.12. The smallest absolute Gasteiger partial charge is 0.0512 e. The molecule has 84 valence electrons. The Morgan fingerprint density at radius 2 is 1.93 bits per heavy atom. The van der Waals surface area contributed by atoms with Gasteiger partial charge in [0.25, 0.3) is 0 Å². The highest BCUT2D eigenvalue weighted by Crippen LogP contribution is 2.22. The first-order valence-electron chi connectivity index (χ1n) is 6.08. The van der Waals surface area contributed by atoms with Crippen molar-refractivity contribution in [2.24, 2.45) is 0 Å². The molecule has 1 aliphatic rings. The second-order valence-electron chi connectivity index (χ2n) is 4.76. The van der Waals surface area contributed by atoms with Crippen molar-refractivity contribution in [3.05, 3.63) is 0 Å². The molecule has 0 bridgehead atoms. The maximum Gasteiger partial charge on any atom is 0.0512 e. The minimum atomic E-state index is -0.119. The monoisotopic (exact) mass is 199 g/mol. The lowest BCUT2D eigenvalue weighted by atomic mass is 10.1. The summed E-state index contributed by atoms with van der Waals surface area (Å²) in [4.78, 5) is 2.51. The van der Waals surface area contributed by atoms with Crippen molar-refractivity contribution in [1.29, 1.82) is 0 Å². The third-order valence-corrected chi connectivity index (χ3v) is 3.33. The van der Waals surface area contributed by atoms with E-state index in [-0.39, 0.29) is 6.10 Å². The first-order valence-corrected chi connectivity index (χ1v) is 6.08. The normalized spacial score (nSPS) is 20.6. The Balaban J connectivity index is 1.99. The van der Waals surface area contributed by atoms with E-state index >= 15 is 0 Å². The molecule has 1 aliphatic carbocycles. The van der Waals surface area contributed by atoms with Gasteiger partial charge in [0.05, 0.1) is 6.10 Å². The van der Waals surface area contributed by atoms with Gasteiger partial charge in [0.15, 0.2) is 0 Å².